The van der Waals surface area contributed by atoms with Crippen LogP contribution in [0.5, 0.6) is 0 Å². The van der Waals surface area contributed by atoms with Gasteiger partial charge in [0, 0.05) is 11.7 Å². The number of nitrogens with one attached hydrogen (secondary N) is 2. The second kappa shape index (κ2) is 5.48. The molecule has 2 N–H and O–H groups in total. The number of aryl methyl sites for hydroxylation is 1. The zero-order chi connectivity index (χ0) is 11.4. The second-order valence-electron chi connectivity index (χ2n) is 4.90. The van der Waals surface area contributed by atoms with Crippen LogP contribution in [0, 0.1) is 5.92 Å². The van der Waals surface area contributed by atoms with E-state index in [1.54, 1.807) is 0 Å². The summed E-state index contributed by atoms with van der Waals surface area (Å²) in [7, 11) is 0. The highest BCUT2D eigenvalue weighted by molar-refractivity contribution is 5.21. The van der Waals surface area contributed by atoms with Crippen molar-refractivity contribution in [1.82, 2.24) is 15.5 Å². The van der Waals surface area contributed by atoms with E-state index in [1.165, 1.54) is 37.1 Å². The predicted molar refractivity (Wildman–Crippen MR) is 66.5 cm³/mol. The molecule has 0 saturated heterocycles. The van der Waals surface area contributed by atoms with Gasteiger partial charge in [0.25, 0.3) is 0 Å². The Morgan fingerprint density at radius 2 is 2.31 bits per heavy atom. The maximum atomic E-state index is 4.11. The first-order valence-corrected chi connectivity index (χ1v) is 6.58. The highest BCUT2D eigenvalue weighted by Gasteiger charge is 2.19. The molecule has 90 valence electrons. The monoisotopic (exact) mass is 221 g/mol. The number of H-pyrrole nitrogens is 1. The van der Waals surface area contributed by atoms with Crippen molar-refractivity contribution in [2.24, 2.45) is 5.92 Å². The molecule has 1 heterocycles. The quantitative estimate of drug-likeness (QED) is 0.801. The molecular weight excluding hydrogens is 198 g/mol. The Balaban J connectivity index is 1.81. The van der Waals surface area contributed by atoms with E-state index in [0.717, 1.165) is 18.8 Å². The normalized spacial score (nSPS) is 20.1. The summed E-state index contributed by atoms with van der Waals surface area (Å²) in [5, 5.41) is 10.9. The Morgan fingerprint density at radius 1 is 1.50 bits per heavy atom. The van der Waals surface area contributed by atoms with E-state index in [2.05, 4.69) is 29.4 Å². The third-order valence-corrected chi connectivity index (χ3v) is 3.87. The largest absolute Gasteiger partial charge is 0.313 e. The smallest absolute Gasteiger partial charge is 0.0522 e. The van der Waals surface area contributed by atoms with E-state index in [9.17, 15) is 0 Å². The Morgan fingerprint density at radius 3 is 3.06 bits per heavy atom. The number of hydrogen-bond donors (Lipinski definition) is 2. The molecule has 0 amide bonds. The summed E-state index contributed by atoms with van der Waals surface area (Å²) in [6.07, 6.45) is 8.10. The minimum absolute atomic E-state index is 0.658. The minimum atomic E-state index is 0.658. The van der Waals surface area contributed by atoms with Gasteiger partial charge in [-0.25, -0.2) is 0 Å². The van der Waals surface area contributed by atoms with Crippen molar-refractivity contribution in [1.29, 1.82) is 0 Å². The van der Waals surface area contributed by atoms with Gasteiger partial charge in [0.2, 0.25) is 0 Å². The lowest BCUT2D eigenvalue weighted by molar-refractivity contribution is 0.384. The topological polar surface area (TPSA) is 40.7 Å². The Kier molecular flexibility index (Phi) is 3.99. The van der Waals surface area contributed by atoms with Crippen LogP contribution >= 0.6 is 0 Å². The maximum Gasteiger partial charge on any atom is 0.0522 e. The van der Waals surface area contributed by atoms with Crippen LogP contribution in [0.1, 0.15) is 44.4 Å². The van der Waals surface area contributed by atoms with Gasteiger partial charge in [0.15, 0.2) is 0 Å². The second-order valence-corrected chi connectivity index (χ2v) is 4.90. The molecule has 0 bridgehead atoms. The Labute approximate surface area is 98.0 Å². The van der Waals surface area contributed by atoms with Gasteiger partial charge < -0.3 is 5.32 Å². The van der Waals surface area contributed by atoms with Gasteiger partial charge >= 0.3 is 0 Å². The van der Waals surface area contributed by atoms with Gasteiger partial charge in [-0.3, -0.25) is 5.10 Å². The first kappa shape index (κ1) is 11.6. The van der Waals surface area contributed by atoms with Crippen LogP contribution in [-0.2, 0) is 12.8 Å². The molecule has 1 atom stereocenters. The predicted octanol–water partition coefficient (Wildman–Crippen LogP) is 2.29. The molecule has 0 saturated carbocycles. The summed E-state index contributed by atoms with van der Waals surface area (Å²) < 4.78 is 0. The molecular formula is C13H23N3. The van der Waals surface area contributed by atoms with Gasteiger partial charge in [0.1, 0.15) is 0 Å². The zero-order valence-corrected chi connectivity index (χ0v) is 10.4. The fourth-order valence-corrected chi connectivity index (χ4v) is 2.50. The Bertz CT molecular complexity index is 315. The van der Waals surface area contributed by atoms with Crippen molar-refractivity contribution < 1.29 is 0 Å². The number of hydrogen-bond acceptors (Lipinski definition) is 2. The molecule has 1 aliphatic rings. The van der Waals surface area contributed by atoms with E-state index in [-0.39, 0.29) is 0 Å². The number of aromatic nitrogens is 2. The van der Waals surface area contributed by atoms with Crippen LogP contribution in [0.2, 0.25) is 0 Å². The molecule has 0 fully saturated rings. The summed E-state index contributed by atoms with van der Waals surface area (Å²) in [6.45, 7) is 5.74. The van der Waals surface area contributed by atoms with Crippen molar-refractivity contribution in [2.75, 3.05) is 6.54 Å². The molecule has 0 spiro atoms. The molecule has 0 aromatic carbocycles. The zero-order valence-electron chi connectivity index (χ0n) is 10.4. The SMILES string of the molecule is CCC(CC)CNC1CCc2[nH]ncc2C1. The molecule has 1 aliphatic carbocycles. The highest BCUT2D eigenvalue weighted by atomic mass is 15.1. The standard InChI is InChI=1S/C13H23N3/c1-3-10(4-2)8-14-12-5-6-13-11(7-12)9-15-16-13/h9-10,12,14H,3-8H2,1-2H3,(H,15,16). The molecule has 3 nitrogen and oxygen atoms in total. The number of nitrogens with zero attached hydrogens (tertiary/aromatic N) is 1. The van der Waals surface area contributed by atoms with Crippen molar-refractivity contribution in [3.63, 3.8) is 0 Å². The summed E-state index contributed by atoms with van der Waals surface area (Å²) in [6, 6.07) is 0.658. The molecule has 3 heteroatoms. The van der Waals surface area contributed by atoms with Gasteiger partial charge in [-0.15, -0.1) is 0 Å². The fraction of sp³-hybridized carbons (Fsp3) is 0.769. The van der Waals surface area contributed by atoms with E-state index in [1.807, 2.05) is 6.20 Å². The summed E-state index contributed by atoms with van der Waals surface area (Å²) in [5.41, 5.74) is 2.76. The van der Waals surface area contributed by atoms with Crippen molar-refractivity contribution >= 4 is 0 Å². The highest BCUT2D eigenvalue weighted by Crippen LogP contribution is 2.19. The molecule has 1 aromatic rings. The first-order chi connectivity index (χ1) is 7.83. The van der Waals surface area contributed by atoms with Crippen LogP contribution in [0.4, 0.5) is 0 Å². The van der Waals surface area contributed by atoms with Crippen molar-refractivity contribution in [3.05, 3.63) is 17.5 Å². The first-order valence-electron chi connectivity index (χ1n) is 6.58. The van der Waals surface area contributed by atoms with Crippen LogP contribution in [0.3, 0.4) is 0 Å². The lowest BCUT2D eigenvalue weighted by Crippen LogP contribution is -2.37. The van der Waals surface area contributed by atoms with E-state index in [4.69, 9.17) is 0 Å². The summed E-state index contributed by atoms with van der Waals surface area (Å²) >= 11 is 0. The van der Waals surface area contributed by atoms with Crippen LogP contribution in [-0.4, -0.2) is 22.8 Å². The molecule has 2 rings (SSSR count). The van der Waals surface area contributed by atoms with Gasteiger partial charge in [-0.2, -0.15) is 5.10 Å². The fourth-order valence-electron chi connectivity index (χ4n) is 2.50. The molecule has 16 heavy (non-hydrogen) atoms. The van der Waals surface area contributed by atoms with Crippen molar-refractivity contribution in [2.45, 2.75) is 52.0 Å². The van der Waals surface area contributed by atoms with Gasteiger partial charge in [-0.1, -0.05) is 26.7 Å². The van der Waals surface area contributed by atoms with E-state index in [0.29, 0.717) is 6.04 Å². The number of rotatable bonds is 5. The average molecular weight is 221 g/mol. The van der Waals surface area contributed by atoms with Gasteiger partial charge in [0.05, 0.1) is 6.20 Å². The minimum Gasteiger partial charge on any atom is -0.313 e. The number of aromatic amines is 1. The van der Waals surface area contributed by atoms with E-state index >= 15 is 0 Å². The van der Waals surface area contributed by atoms with Gasteiger partial charge in [-0.05, 0) is 37.3 Å². The van der Waals surface area contributed by atoms with Crippen LogP contribution < -0.4 is 5.32 Å². The summed E-state index contributed by atoms with van der Waals surface area (Å²) in [4.78, 5) is 0. The van der Waals surface area contributed by atoms with Crippen LogP contribution in [0.15, 0.2) is 6.20 Å². The lowest BCUT2D eigenvalue weighted by Gasteiger charge is -2.25. The maximum absolute atomic E-state index is 4.11. The number of fused-ring (bicyclic) bond motifs is 1. The van der Waals surface area contributed by atoms with E-state index < -0.39 is 0 Å². The molecule has 0 aliphatic heterocycles. The lowest BCUT2D eigenvalue weighted by atomic mass is 9.93. The molecule has 0 radical (unpaired) electrons. The average Bonchev–Trinajstić information content (AvgIpc) is 2.77. The van der Waals surface area contributed by atoms with Crippen LogP contribution in [0.25, 0.3) is 0 Å². The Hall–Kier alpha value is -0.830. The van der Waals surface area contributed by atoms with Crippen molar-refractivity contribution in [3.8, 4) is 0 Å². The molecule has 1 unspecified atom stereocenters. The summed E-state index contributed by atoms with van der Waals surface area (Å²) in [5.74, 6) is 0.839. The third-order valence-electron chi connectivity index (χ3n) is 3.87. The molecule has 1 aromatic heterocycles. The third kappa shape index (κ3) is 2.64.